The zero-order valence-corrected chi connectivity index (χ0v) is 20.0. The van der Waals surface area contributed by atoms with E-state index in [1.54, 1.807) is 49.5 Å². The Balaban J connectivity index is 1.46. The second kappa shape index (κ2) is 10.8. The van der Waals surface area contributed by atoms with Gasteiger partial charge in [0.25, 0.3) is 11.8 Å². The zero-order chi connectivity index (χ0) is 24.8. The number of methoxy groups -OCH3 is 3. The molecule has 8 nitrogen and oxygen atoms in total. The first kappa shape index (κ1) is 23.9. The van der Waals surface area contributed by atoms with Gasteiger partial charge in [-0.3, -0.25) is 9.59 Å². The molecule has 1 heterocycles. The number of nitrogens with one attached hydrogen (secondary N) is 1. The van der Waals surface area contributed by atoms with Gasteiger partial charge in [0.2, 0.25) is 0 Å². The maximum absolute atomic E-state index is 12.8. The van der Waals surface area contributed by atoms with Crippen molar-refractivity contribution in [1.29, 1.82) is 0 Å². The second-order valence-electron chi connectivity index (χ2n) is 8.05. The van der Waals surface area contributed by atoms with E-state index in [4.69, 9.17) is 18.9 Å². The van der Waals surface area contributed by atoms with Crippen LogP contribution in [-0.2, 0) is 17.8 Å². The summed E-state index contributed by atoms with van der Waals surface area (Å²) in [7, 11) is 4.70. The number of ether oxygens (including phenoxy) is 4. The van der Waals surface area contributed by atoms with Gasteiger partial charge in [0.1, 0.15) is 11.5 Å². The summed E-state index contributed by atoms with van der Waals surface area (Å²) in [5, 5.41) is 2.91. The quantitative estimate of drug-likeness (QED) is 0.530. The average molecular weight is 477 g/mol. The minimum absolute atomic E-state index is 0.0209. The van der Waals surface area contributed by atoms with Crippen LogP contribution >= 0.6 is 0 Å². The van der Waals surface area contributed by atoms with Gasteiger partial charge in [0.15, 0.2) is 18.1 Å². The van der Waals surface area contributed by atoms with Crippen molar-refractivity contribution < 1.29 is 28.5 Å². The maximum atomic E-state index is 12.8. The fourth-order valence-electron chi connectivity index (χ4n) is 3.89. The fraction of sp³-hybridized carbons (Fsp3) is 0.259. The van der Waals surface area contributed by atoms with E-state index in [1.165, 1.54) is 7.11 Å². The van der Waals surface area contributed by atoms with E-state index in [9.17, 15) is 9.59 Å². The van der Waals surface area contributed by atoms with Crippen molar-refractivity contribution in [2.45, 2.75) is 13.0 Å². The van der Waals surface area contributed by atoms with Crippen LogP contribution in [-0.4, -0.2) is 51.2 Å². The highest BCUT2D eigenvalue weighted by Gasteiger charge is 2.22. The summed E-state index contributed by atoms with van der Waals surface area (Å²) >= 11 is 0. The van der Waals surface area contributed by atoms with Crippen LogP contribution in [0.2, 0.25) is 0 Å². The first-order valence-electron chi connectivity index (χ1n) is 11.2. The van der Waals surface area contributed by atoms with Gasteiger partial charge in [-0.2, -0.15) is 0 Å². The average Bonchev–Trinajstić information content (AvgIpc) is 3.05. The molecule has 1 aliphatic rings. The standard InChI is InChI=1S/C27H28N2O6/c1-32-22-8-4-18(5-9-22)12-13-29-16-20-14-21(7-11-23(20)35-17-26(29)30)28-27(31)19-6-10-24(33-2)25(15-19)34-3/h4-11,14-15H,12-13,16-17H2,1-3H3,(H,28,31). The highest BCUT2D eigenvalue weighted by Crippen LogP contribution is 2.29. The van der Waals surface area contributed by atoms with Gasteiger partial charge in [0, 0.05) is 29.9 Å². The summed E-state index contributed by atoms with van der Waals surface area (Å²) in [4.78, 5) is 27.3. The summed E-state index contributed by atoms with van der Waals surface area (Å²) in [5.41, 5.74) is 2.98. The third kappa shape index (κ3) is 5.66. The van der Waals surface area contributed by atoms with Crippen LogP contribution in [0.3, 0.4) is 0 Å². The molecule has 0 aromatic heterocycles. The predicted octanol–water partition coefficient (Wildman–Crippen LogP) is 3.93. The van der Waals surface area contributed by atoms with Crippen molar-refractivity contribution in [2.75, 3.05) is 39.8 Å². The van der Waals surface area contributed by atoms with Gasteiger partial charge >= 0.3 is 0 Å². The molecule has 0 spiro atoms. The molecule has 0 radical (unpaired) electrons. The van der Waals surface area contributed by atoms with Crippen molar-refractivity contribution in [1.82, 2.24) is 4.90 Å². The lowest BCUT2D eigenvalue weighted by Gasteiger charge is -2.20. The van der Waals surface area contributed by atoms with Gasteiger partial charge in [-0.15, -0.1) is 0 Å². The zero-order valence-electron chi connectivity index (χ0n) is 20.0. The summed E-state index contributed by atoms with van der Waals surface area (Å²) in [6, 6.07) is 18.2. The molecule has 8 heteroatoms. The lowest BCUT2D eigenvalue weighted by molar-refractivity contribution is -0.133. The molecule has 2 amide bonds. The summed E-state index contributed by atoms with van der Waals surface area (Å²) in [5.74, 6) is 2.09. The van der Waals surface area contributed by atoms with Crippen LogP contribution in [0.25, 0.3) is 0 Å². The largest absolute Gasteiger partial charge is 0.497 e. The number of carbonyl (C=O) groups is 2. The van der Waals surface area contributed by atoms with Gasteiger partial charge in [-0.05, 0) is 60.5 Å². The normalized spacial score (nSPS) is 12.8. The smallest absolute Gasteiger partial charge is 0.260 e. The minimum Gasteiger partial charge on any atom is -0.497 e. The summed E-state index contributed by atoms with van der Waals surface area (Å²) in [6.45, 7) is 0.924. The molecule has 35 heavy (non-hydrogen) atoms. The van der Waals surface area contributed by atoms with Gasteiger partial charge in [0.05, 0.1) is 21.3 Å². The Kier molecular flexibility index (Phi) is 7.40. The fourth-order valence-corrected chi connectivity index (χ4v) is 3.89. The third-order valence-corrected chi connectivity index (χ3v) is 5.86. The number of rotatable bonds is 8. The van der Waals surface area contributed by atoms with E-state index >= 15 is 0 Å². The highest BCUT2D eigenvalue weighted by atomic mass is 16.5. The van der Waals surface area contributed by atoms with Crippen molar-refractivity contribution in [3.05, 3.63) is 77.4 Å². The number of fused-ring (bicyclic) bond motifs is 1. The number of amides is 2. The van der Waals surface area contributed by atoms with Gasteiger partial charge in [-0.25, -0.2) is 0 Å². The number of nitrogens with zero attached hydrogens (tertiary/aromatic N) is 1. The molecule has 0 bridgehead atoms. The van der Waals surface area contributed by atoms with Crippen LogP contribution < -0.4 is 24.3 Å². The Morgan fingerprint density at radius 3 is 2.43 bits per heavy atom. The van der Waals surface area contributed by atoms with E-state index in [1.807, 2.05) is 30.3 Å². The predicted molar refractivity (Wildman–Crippen MR) is 132 cm³/mol. The second-order valence-corrected chi connectivity index (χ2v) is 8.05. The first-order chi connectivity index (χ1) is 17.0. The molecule has 182 valence electrons. The van der Waals surface area contributed by atoms with Crippen molar-refractivity contribution in [3.63, 3.8) is 0 Å². The third-order valence-electron chi connectivity index (χ3n) is 5.86. The van der Waals surface area contributed by atoms with E-state index in [0.29, 0.717) is 48.0 Å². The molecule has 0 fully saturated rings. The molecule has 0 aliphatic carbocycles. The lowest BCUT2D eigenvalue weighted by Crippen LogP contribution is -2.34. The van der Waals surface area contributed by atoms with Crippen LogP contribution in [0.4, 0.5) is 5.69 Å². The minimum atomic E-state index is -0.284. The van der Waals surface area contributed by atoms with Crippen LogP contribution in [0.5, 0.6) is 23.0 Å². The summed E-state index contributed by atoms with van der Waals surface area (Å²) in [6.07, 6.45) is 0.709. The molecule has 0 saturated heterocycles. The van der Waals surface area contributed by atoms with E-state index in [-0.39, 0.29) is 18.4 Å². The Bertz CT molecular complexity index is 1210. The molecule has 3 aromatic rings. The van der Waals surface area contributed by atoms with E-state index in [2.05, 4.69) is 5.32 Å². The van der Waals surface area contributed by atoms with Crippen LogP contribution in [0, 0.1) is 0 Å². The topological polar surface area (TPSA) is 86.3 Å². The van der Waals surface area contributed by atoms with Crippen molar-refractivity contribution >= 4 is 17.5 Å². The first-order valence-corrected chi connectivity index (χ1v) is 11.2. The Morgan fingerprint density at radius 2 is 1.71 bits per heavy atom. The molecule has 1 N–H and O–H groups in total. The molecular formula is C27H28N2O6. The highest BCUT2D eigenvalue weighted by molar-refractivity contribution is 6.04. The molecule has 0 saturated carbocycles. The number of hydrogen-bond donors (Lipinski definition) is 1. The van der Waals surface area contributed by atoms with Gasteiger partial charge < -0.3 is 29.2 Å². The lowest BCUT2D eigenvalue weighted by atomic mass is 10.1. The number of hydrogen-bond acceptors (Lipinski definition) is 6. The Labute approximate surface area is 204 Å². The molecule has 3 aromatic carbocycles. The van der Waals surface area contributed by atoms with Gasteiger partial charge in [-0.1, -0.05) is 12.1 Å². The molecule has 4 rings (SSSR count). The monoisotopic (exact) mass is 476 g/mol. The van der Waals surface area contributed by atoms with Crippen molar-refractivity contribution in [2.24, 2.45) is 0 Å². The number of benzene rings is 3. The SMILES string of the molecule is COc1ccc(CCN2Cc3cc(NC(=O)c4ccc(OC)c(OC)c4)ccc3OCC2=O)cc1. The van der Waals surface area contributed by atoms with E-state index in [0.717, 1.165) is 16.9 Å². The molecule has 0 unspecified atom stereocenters. The maximum Gasteiger partial charge on any atom is 0.260 e. The Hall–Kier alpha value is -4.20. The molecular weight excluding hydrogens is 448 g/mol. The number of carbonyl (C=O) groups excluding carboxylic acids is 2. The van der Waals surface area contributed by atoms with Crippen LogP contribution in [0.15, 0.2) is 60.7 Å². The molecule has 0 atom stereocenters. The molecule has 1 aliphatic heterocycles. The number of anilines is 1. The Morgan fingerprint density at radius 1 is 0.943 bits per heavy atom. The summed E-state index contributed by atoms with van der Waals surface area (Å²) < 4.78 is 21.4. The van der Waals surface area contributed by atoms with E-state index < -0.39 is 0 Å². The van der Waals surface area contributed by atoms with Crippen molar-refractivity contribution in [3.8, 4) is 23.0 Å². The van der Waals surface area contributed by atoms with Crippen LogP contribution in [0.1, 0.15) is 21.5 Å².